The highest BCUT2D eigenvalue weighted by Gasteiger charge is 2.04. The molecule has 2 rings (SSSR count). The Kier molecular flexibility index (Phi) is 5.95. The first-order chi connectivity index (χ1) is 11.4. The molecule has 0 saturated heterocycles. The normalized spacial score (nSPS) is 10.1. The molecule has 5 heteroatoms. The molecule has 0 fully saturated rings. The summed E-state index contributed by atoms with van der Waals surface area (Å²) in [5.41, 5.74) is 4.81. The fraction of sp³-hybridized carbons (Fsp3) is 0.263. The van der Waals surface area contributed by atoms with Gasteiger partial charge in [0.1, 0.15) is 0 Å². The second kappa shape index (κ2) is 8.15. The monoisotopic (exact) mass is 325 g/mol. The van der Waals surface area contributed by atoms with Crippen molar-refractivity contribution in [3.63, 3.8) is 0 Å². The van der Waals surface area contributed by atoms with E-state index in [1.807, 2.05) is 6.07 Å². The summed E-state index contributed by atoms with van der Waals surface area (Å²) in [6.07, 6.45) is 0.358. The zero-order chi connectivity index (χ0) is 17.5. The minimum absolute atomic E-state index is 0.0775. The van der Waals surface area contributed by atoms with Gasteiger partial charge in [-0.15, -0.1) is 0 Å². The summed E-state index contributed by atoms with van der Waals surface area (Å²) in [6.45, 7) is 6.14. The number of carbonyl (C=O) groups excluding carboxylic acids is 2. The van der Waals surface area contributed by atoms with E-state index in [0.717, 1.165) is 5.69 Å². The van der Waals surface area contributed by atoms with Crippen LogP contribution < -0.4 is 16.0 Å². The van der Waals surface area contributed by atoms with E-state index in [1.54, 1.807) is 24.3 Å². The second-order valence-corrected chi connectivity index (χ2v) is 5.79. The number of carbonyl (C=O) groups is 2. The lowest BCUT2D eigenvalue weighted by Gasteiger charge is -2.10. The van der Waals surface area contributed by atoms with E-state index in [9.17, 15) is 9.59 Å². The van der Waals surface area contributed by atoms with Crippen molar-refractivity contribution >= 4 is 28.9 Å². The van der Waals surface area contributed by atoms with Gasteiger partial charge >= 0.3 is 0 Å². The van der Waals surface area contributed by atoms with E-state index in [0.29, 0.717) is 24.3 Å². The quantitative estimate of drug-likeness (QED) is 0.758. The number of rotatable bonds is 6. The van der Waals surface area contributed by atoms with Crippen LogP contribution in [0, 0.1) is 13.8 Å². The number of hydrogen-bond donors (Lipinski definition) is 3. The highest BCUT2D eigenvalue weighted by molar-refractivity contribution is 5.93. The number of nitrogens with one attached hydrogen (secondary N) is 3. The van der Waals surface area contributed by atoms with E-state index in [-0.39, 0.29) is 11.8 Å². The Morgan fingerprint density at radius 2 is 1.58 bits per heavy atom. The molecule has 0 saturated carbocycles. The molecule has 0 spiro atoms. The summed E-state index contributed by atoms with van der Waals surface area (Å²) in [6, 6.07) is 13.2. The predicted octanol–water partition coefficient (Wildman–Crippen LogP) is 3.70. The molecule has 24 heavy (non-hydrogen) atoms. The molecule has 0 bridgehead atoms. The molecule has 0 aliphatic heterocycles. The van der Waals surface area contributed by atoms with Crippen molar-refractivity contribution in [2.45, 2.75) is 27.2 Å². The van der Waals surface area contributed by atoms with Gasteiger partial charge in [0, 0.05) is 37.0 Å². The van der Waals surface area contributed by atoms with Gasteiger partial charge in [-0.1, -0.05) is 12.1 Å². The average molecular weight is 325 g/mol. The molecule has 126 valence electrons. The molecule has 2 aromatic carbocycles. The van der Waals surface area contributed by atoms with Gasteiger partial charge < -0.3 is 16.0 Å². The summed E-state index contributed by atoms with van der Waals surface area (Å²) >= 11 is 0. The molecule has 0 radical (unpaired) electrons. The largest absolute Gasteiger partial charge is 0.385 e. The van der Waals surface area contributed by atoms with Crippen LogP contribution in [0.1, 0.15) is 24.5 Å². The summed E-state index contributed by atoms with van der Waals surface area (Å²) in [7, 11) is 0. The lowest BCUT2D eigenvalue weighted by atomic mass is 10.1. The average Bonchev–Trinajstić information content (AvgIpc) is 2.50. The summed E-state index contributed by atoms with van der Waals surface area (Å²) in [5, 5.41) is 8.77. The SMILES string of the molecule is CC(=O)Nc1cccc(NC(=O)CCNc2ccc(C)c(C)c2)c1. The van der Waals surface area contributed by atoms with Gasteiger partial charge in [0.25, 0.3) is 0 Å². The molecular formula is C19H23N3O2. The first kappa shape index (κ1) is 17.5. The van der Waals surface area contributed by atoms with Gasteiger partial charge in [-0.3, -0.25) is 9.59 Å². The number of anilines is 3. The van der Waals surface area contributed by atoms with Crippen LogP contribution in [0.5, 0.6) is 0 Å². The van der Waals surface area contributed by atoms with Gasteiger partial charge in [0.15, 0.2) is 0 Å². The van der Waals surface area contributed by atoms with E-state index in [1.165, 1.54) is 18.1 Å². The molecule has 0 aromatic heterocycles. The fourth-order valence-corrected chi connectivity index (χ4v) is 2.27. The number of hydrogen-bond acceptors (Lipinski definition) is 3. The summed E-state index contributed by atoms with van der Waals surface area (Å²) < 4.78 is 0. The molecular weight excluding hydrogens is 302 g/mol. The maximum Gasteiger partial charge on any atom is 0.226 e. The lowest BCUT2D eigenvalue weighted by molar-refractivity contribution is -0.116. The molecule has 0 atom stereocenters. The van der Waals surface area contributed by atoms with Gasteiger partial charge in [-0.05, 0) is 55.3 Å². The maximum absolute atomic E-state index is 12.0. The second-order valence-electron chi connectivity index (χ2n) is 5.79. The maximum atomic E-state index is 12.0. The molecule has 0 unspecified atom stereocenters. The first-order valence-corrected chi connectivity index (χ1v) is 7.92. The van der Waals surface area contributed by atoms with Crippen LogP contribution in [0.4, 0.5) is 17.1 Å². The Balaban J connectivity index is 1.82. The molecule has 0 heterocycles. The Hall–Kier alpha value is -2.82. The zero-order valence-corrected chi connectivity index (χ0v) is 14.3. The lowest BCUT2D eigenvalue weighted by Crippen LogP contribution is -2.16. The highest BCUT2D eigenvalue weighted by Crippen LogP contribution is 2.16. The molecule has 0 aliphatic carbocycles. The third kappa shape index (κ3) is 5.43. The molecule has 3 N–H and O–H groups in total. The Bertz CT molecular complexity index is 741. The predicted molar refractivity (Wildman–Crippen MR) is 98.4 cm³/mol. The van der Waals surface area contributed by atoms with Crippen molar-refractivity contribution in [1.29, 1.82) is 0 Å². The van der Waals surface area contributed by atoms with Crippen LogP contribution in [0.25, 0.3) is 0 Å². The standard InChI is InChI=1S/C19H23N3O2/c1-13-7-8-16(11-14(13)2)20-10-9-19(24)22-18-6-4-5-17(12-18)21-15(3)23/h4-8,11-12,20H,9-10H2,1-3H3,(H,21,23)(H,22,24). The van der Waals surface area contributed by atoms with Gasteiger partial charge in [-0.2, -0.15) is 0 Å². The Labute approximate surface area is 142 Å². The van der Waals surface area contributed by atoms with Crippen LogP contribution in [0.3, 0.4) is 0 Å². The smallest absolute Gasteiger partial charge is 0.226 e. The van der Waals surface area contributed by atoms with Gasteiger partial charge in [-0.25, -0.2) is 0 Å². The van der Waals surface area contributed by atoms with Crippen molar-refractivity contribution < 1.29 is 9.59 Å². The van der Waals surface area contributed by atoms with Crippen LogP contribution in [0.2, 0.25) is 0 Å². The topological polar surface area (TPSA) is 70.2 Å². The van der Waals surface area contributed by atoms with Crippen molar-refractivity contribution in [3.05, 3.63) is 53.6 Å². The Morgan fingerprint density at radius 1 is 0.875 bits per heavy atom. The van der Waals surface area contributed by atoms with E-state index in [2.05, 4.69) is 41.9 Å². The van der Waals surface area contributed by atoms with Crippen LogP contribution >= 0.6 is 0 Å². The highest BCUT2D eigenvalue weighted by atomic mass is 16.2. The zero-order valence-electron chi connectivity index (χ0n) is 14.3. The number of benzene rings is 2. The summed E-state index contributed by atoms with van der Waals surface area (Å²) in [5.74, 6) is -0.220. The van der Waals surface area contributed by atoms with Crippen LogP contribution in [-0.4, -0.2) is 18.4 Å². The Morgan fingerprint density at radius 3 is 2.25 bits per heavy atom. The van der Waals surface area contributed by atoms with Crippen molar-refractivity contribution in [2.24, 2.45) is 0 Å². The van der Waals surface area contributed by atoms with E-state index >= 15 is 0 Å². The third-order valence-corrected chi connectivity index (χ3v) is 3.65. The number of aryl methyl sites for hydroxylation is 2. The van der Waals surface area contributed by atoms with Gasteiger partial charge in [0.2, 0.25) is 11.8 Å². The van der Waals surface area contributed by atoms with Crippen molar-refractivity contribution in [1.82, 2.24) is 0 Å². The van der Waals surface area contributed by atoms with Crippen LogP contribution in [-0.2, 0) is 9.59 Å². The molecule has 2 aromatic rings. The minimum Gasteiger partial charge on any atom is -0.385 e. The van der Waals surface area contributed by atoms with Crippen LogP contribution in [0.15, 0.2) is 42.5 Å². The molecule has 5 nitrogen and oxygen atoms in total. The minimum atomic E-state index is -0.143. The van der Waals surface area contributed by atoms with Crippen molar-refractivity contribution in [2.75, 3.05) is 22.5 Å². The van der Waals surface area contributed by atoms with Crippen molar-refractivity contribution in [3.8, 4) is 0 Å². The summed E-state index contributed by atoms with van der Waals surface area (Å²) in [4.78, 5) is 23.1. The van der Waals surface area contributed by atoms with E-state index in [4.69, 9.17) is 0 Å². The first-order valence-electron chi connectivity index (χ1n) is 7.92. The third-order valence-electron chi connectivity index (χ3n) is 3.65. The molecule has 0 aliphatic rings. The van der Waals surface area contributed by atoms with E-state index < -0.39 is 0 Å². The molecule has 2 amide bonds. The number of amides is 2. The van der Waals surface area contributed by atoms with Gasteiger partial charge in [0.05, 0.1) is 0 Å². The fourth-order valence-electron chi connectivity index (χ4n) is 2.27.